The molecule has 2 N–H and O–H groups in total. The fourth-order valence-electron chi connectivity index (χ4n) is 1.58. The van der Waals surface area contributed by atoms with Gasteiger partial charge in [0.1, 0.15) is 11.9 Å². The molecule has 0 saturated carbocycles. The van der Waals surface area contributed by atoms with E-state index in [0.29, 0.717) is 6.42 Å². The quantitative estimate of drug-likeness (QED) is 0.807. The number of carbonyl (C=O) groups is 1. The smallest absolute Gasteiger partial charge is 0.321 e. The molecule has 1 rings (SSSR count). The lowest BCUT2D eigenvalue weighted by Crippen LogP contribution is -2.40. The summed E-state index contributed by atoms with van der Waals surface area (Å²) in [4.78, 5) is 10.6. The summed E-state index contributed by atoms with van der Waals surface area (Å²) in [5, 5.41) is 8.91. The monoisotopic (exact) mass is 323 g/mol. The maximum absolute atomic E-state index is 13.2. The third-order valence-corrected chi connectivity index (χ3v) is 4.26. The van der Waals surface area contributed by atoms with Gasteiger partial charge in [-0.3, -0.25) is 4.79 Å². The van der Waals surface area contributed by atoms with Crippen molar-refractivity contribution in [3.63, 3.8) is 0 Å². The minimum atomic E-state index is -4.14. The van der Waals surface area contributed by atoms with Crippen molar-refractivity contribution in [2.45, 2.75) is 37.1 Å². The van der Waals surface area contributed by atoms with Crippen molar-refractivity contribution in [3.8, 4) is 0 Å². The number of rotatable bonds is 7. The van der Waals surface area contributed by atoms with E-state index in [9.17, 15) is 17.6 Å². The van der Waals surface area contributed by atoms with E-state index in [4.69, 9.17) is 16.7 Å². The standard InChI is InChI=1S/C12H15ClFNO4S/c1-2-3-4-11(12(16)17)15-20(18,19)10-6-8(13)5-9(14)7-10/h5-7,11,15H,2-4H2,1H3,(H,16,17)/t11-/m0/s1. The summed E-state index contributed by atoms with van der Waals surface area (Å²) in [6, 6.07) is 1.56. The Kier molecular flexibility index (Phi) is 5.91. The predicted molar refractivity (Wildman–Crippen MR) is 72.7 cm³/mol. The topological polar surface area (TPSA) is 83.5 Å². The average molecular weight is 324 g/mol. The van der Waals surface area contributed by atoms with Crippen LogP contribution in [-0.2, 0) is 14.8 Å². The van der Waals surface area contributed by atoms with Crippen molar-refractivity contribution in [2.75, 3.05) is 0 Å². The van der Waals surface area contributed by atoms with Crippen molar-refractivity contribution in [2.24, 2.45) is 0 Å². The summed E-state index contributed by atoms with van der Waals surface area (Å²) in [6.07, 6.45) is 1.45. The second-order valence-electron chi connectivity index (χ2n) is 4.26. The first-order valence-electron chi connectivity index (χ1n) is 5.97. The van der Waals surface area contributed by atoms with E-state index in [2.05, 4.69) is 0 Å². The summed E-state index contributed by atoms with van der Waals surface area (Å²) < 4.78 is 39.2. The Morgan fingerprint density at radius 2 is 2.10 bits per heavy atom. The highest BCUT2D eigenvalue weighted by molar-refractivity contribution is 7.89. The molecule has 0 fully saturated rings. The van der Waals surface area contributed by atoms with E-state index in [1.165, 1.54) is 0 Å². The lowest BCUT2D eigenvalue weighted by Gasteiger charge is -2.14. The molecule has 0 aliphatic rings. The van der Waals surface area contributed by atoms with Gasteiger partial charge in [0.05, 0.1) is 4.90 Å². The third-order valence-electron chi connectivity index (χ3n) is 2.59. The van der Waals surface area contributed by atoms with Gasteiger partial charge < -0.3 is 5.11 Å². The van der Waals surface area contributed by atoms with E-state index in [-0.39, 0.29) is 11.4 Å². The van der Waals surface area contributed by atoms with Gasteiger partial charge in [-0.2, -0.15) is 4.72 Å². The Morgan fingerprint density at radius 1 is 1.45 bits per heavy atom. The molecule has 1 atom stereocenters. The molecule has 0 aliphatic heterocycles. The van der Waals surface area contributed by atoms with Crippen LogP contribution in [0.1, 0.15) is 26.2 Å². The summed E-state index contributed by atoms with van der Waals surface area (Å²) in [5.41, 5.74) is 0. The minimum absolute atomic E-state index is 0.0780. The number of nitrogens with one attached hydrogen (secondary N) is 1. The van der Waals surface area contributed by atoms with E-state index in [1.54, 1.807) is 0 Å². The second-order valence-corrected chi connectivity index (χ2v) is 6.41. The normalized spacial score (nSPS) is 13.2. The largest absolute Gasteiger partial charge is 0.480 e. The number of hydrogen-bond acceptors (Lipinski definition) is 3. The maximum Gasteiger partial charge on any atom is 0.321 e. The Hall–Kier alpha value is -1.18. The predicted octanol–water partition coefficient (Wildman–Crippen LogP) is 2.40. The van der Waals surface area contributed by atoms with E-state index >= 15 is 0 Å². The summed E-state index contributed by atoms with van der Waals surface area (Å²) >= 11 is 5.59. The molecule has 1 aromatic carbocycles. The van der Waals surface area contributed by atoms with Gasteiger partial charge in [0.15, 0.2) is 0 Å². The van der Waals surface area contributed by atoms with Crippen LogP contribution in [0, 0.1) is 5.82 Å². The third kappa shape index (κ3) is 4.73. The molecule has 0 unspecified atom stereocenters. The van der Waals surface area contributed by atoms with Crippen LogP contribution in [0.25, 0.3) is 0 Å². The Labute approximate surface area is 121 Å². The van der Waals surface area contributed by atoms with Crippen LogP contribution in [-0.4, -0.2) is 25.5 Å². The molecule has 1 aromatic rings. The lowest BCUT2D eigenvalue weighted by atomic mass is 10.1. The van der Waals surface area contributed by atoms with Crippen molar-refractivity contribution >= 4 is 27.6 Å². The maximum atomic E-state index is 13.2. The molecule has 0 saturated heterocycles. The van der Waals surface area contributed by atoms with Crippen LogP contribution >= 0.6 is 11.6 Å². The first-order valence-corrected chi connectivity index (χ1v) is 7.83. The fourth-order valence-corrected chi connectivity index (χ4v) is 3.15. The summed E-state index contributed by atoms with van der Waals surface area (Å²) in [7, 11) is -4.14. The summed E-state index contributed by atoms with van der Waals surface area (Å²) in [6.45, 7) is 1.86. The van der Waals surface area contributed by atoms with Gasteiger partial charge in [0, 0.05) is 5.02 Å². The van der Waals surface area contributed by atoms with Gasteiger partial charge >= 0.3 is 5.97 Å². The Bertz CT molecular complexity index is 571. The Morgan fingerprint density at radius 3 is 2.60 bits per heavy atom. The first kappa shape index (κ1) is 16.9. The first-order chi connectivity index (χ1) is 9.26. The van der Waals surface area contributed by atoms with Crippen molar-refractivity contribution in [1.29, 1.82) is 0 Å². The number of benzene rings is 1. The van der Waals surface area contributed by atoms with Gasteiger partial charge in [-0.05, 0) is 24.6 Å². The number of sulfonamides is 1. The van der Waals surface area contributed by atoms with E-state index in [0.717, 1.165) is 24.6 Å². The fraction of sp³-hybridized carbons (Fsp3) is 0.417. The molecule has 0 spiro atoms. The Balaban J connectivity index is 3.00. The molecule has 20 heavy (non-hydrogen) atoms. The molecule has 112 valence electrons. The minimum Gasteiger partial charge on any atom is -0.480 e. The SMILES string of the molecule is CCCC[C@H](NS(=O)(=O)c1cc(F)cc(Cl)c1)C(=O)O. The molecule has 0 amide bonds. The lowest BCUT2D eigenvalue weighted by molar-refractivity contribution is -0.139. The molecular weight excluding hydrogens is 309 g/mol. The zero-order valence-corrected chi connectivity index (χ0v) is 12.3. The highest BCUT2D eigenvalue weighted by Gasteiger charge is 2.25. The van der Waals surface area contributed by atoms with Crippen LogP contribution in [0.15, 0.2) is 23.1 Å². The average Bonchev–Trinajstić information content (AvgIpc) is 2.32. The van der Waals surface area contributed by atoms with E-state index < -0.39 is 32.7 Å². The number of carboxylic acids is 1. The zero-order chi connectivity index (χ0) is 15.3. The molecule has 8 heteroatoms. The second kappa shape index (κ2) is 7.01. The molecule has 5 nitrogen and oxygen atoms in total. The van der Waals surface area contributed by atoms with Crippen LogP contribution in [0.3, 0.4) is 0 Å². The number of unbranched alkanes of at least 4 members (excludes halogenated alkanes) is 1. The molecule has 0 radical (unpaired) electrons. The van der Waals surface area contributed by atoms with Gasteiger partial charge in [0.25, 0.3) is 0 Å². The molecule has 0 bridgehead atoms. The van der Waals surface area contributed by atoms with Crippen molar-refractivity contribution < 1.29 is 22.7 Å². The highest BCUT2D eigenvalue weighted by Crippen LogP contribution is 2.19. The van der Waals surface area contributed by atoms with Crippen LogP contribution in [0.2, 0.25) is 5.02 Å². The number of carboxylic acid groups (broad SMARTS) is 1. The van der Waals surface area contributed by atoms with Crippen molar-refractivity contribution in [1.82, 2.24) is 4.72 Å². The molecule has 0 aliphatic carbocycles. The van der Waals surface area contributed by atoms with Gasteiger partial charge in [-0.15, -0.1) is 0 Å². The molecular formula is C12H15ClFNO4S. The van der Waals surface area contributed by atoms with Crippen molar-refractivity contribution in [3.05, 3.63) is 29.0 Å². The molecule has 0 heterocycles. The van der Waals surface area contributed by atoms with E-state index in [1.807, 2.05) is 11.6 Å². The number of halogens is 2. The van der Waals surface area contributed by atoms with Crippen LogP contribution in [0.5, 0.6) is 0 Å². The number of aliphatic carboxylic acids is 1. The van der Waals surface area contributed by atoms with Gasteiger partial charge in [-0.1, -0.05) is 31.4 Å². The zero-order valence-electron chi connectivity index (χ0n) is 10.8. The molecule has 0 aromatic heterocycles. The van der Waals surface area contributed by atoms with Gasteiger partial charge in [-0.25, -0.2) is 12.8 Å². The van der Waals surface area contributed by atoms with Crippen LogP contribution in [0.4, 0.5) is 4.39 Å². The van der Waals surface area contributed by atoms with Gasteiger partial charge in [0.2, 0.25) is 10.0 Å². The van der Waals surface area contributed by atoms with Crippen LogP contribution < -0.4 is 4.72 Å². The number of hydrogen-bond donors (Lipinski definition) is 2. The highest BCUT2D eigenvalue weighted by atomic mass is 35.5. The summed E-state index contributed by atoms with van der Waals surface area (Å²) in [5.74, 6) is -2.08.